The van der Waals surface area contributed by atoms with Crippen molar-refractivity contribution >= 4 is 0 Å². The molecule has 2 aliphatic heterocycles. The van der Waals surface area contributed by atoms with Gasteiger partial charge >= 0.3 is 0 Å². The standard InChI is InChI=1S/C31H28N2O6/c1-36-20-13-11-19(12-14-20)31-26(18-8-5-4-6-9-18)25-28(32-24-10-7-15-33(24)29(25)34)30(31,35)27-22(38-3)16-21(37-2)17-23(27)39-31/h4-6,8-9,11-14,16-17,26,35H,7,10,15H2,1-3H3/t26-,30-,31-/m0/s1. The number of aryl methyl sites for hydroxylation is 1. The Kier molecular flexibility index (Phi) is 5.09. The van der Waals surface area contributed by atoms with Crippen molar-refractivity contribution in [3.05, 3.63) is 111 Å². The molecule has 0 bridgehead atoms. The summed E-state index contributed by atoms with van der Waals surface area (Å²) in [6, 6.07) is 20.6. The first-order valence-electron chi connectivity index (χ1n) is 13.0. The number of hydrogen-bond donors (Lipinski definition) is 1. The minimum atomic E-state index is -1.85. The van der Waals surface area contributed by atoms with Gasteiger partial charge in [-0.2, -0.15) is 0 Å². The Hall–Kier alpha value is -4.30. The van der Waals surface area contributed by atoms with Gasteiger partial charge < -0.3 is 24.1 Å². The molecule has 1 aromatic heterocycles. The van der Waals surface area contributed by atoms with E-state index in [1.165, 1.54) is 0 Å². The van der Waals surface area contributed by atoms with Gasteiger partial charge in [-0.3, -0.25) is 9.36 Å². The molecule has 3 heterocycles. The number of aliphatic hydroxyl groups is 1. The molecule has 0 saturated carbocycles. The zero-order chi connectivity index (χ0) is 26.9. The van der Waals surface area contributed by atoms with Crippen molar-refractivity contribution in [3.63, 3.8) is 0 Å². The summed E-state index contributed by atoms with van der Waals surface area (Å²) < 4.78 is 25.5. The van der Waals surface area contributed by atoms with E-state index in [9.17, 15) is 9.90 Å². The van der Waals surface area contributed by atoms with Crippen LogP contribution in [0.15, 0.2) is 71.5 Å². The first-order chi connectivity index (χ1) is 19.0. The molecule has 3 atom stereocenters. The number of rotatable bonds is 5. The molecule has 0 fully saturated rings. The van der Waals surface area contributed by atoms with Crippen LogP contribution in [0.3, 0.4) is 0 Å². The maximum absolute atomic E-state index is 14.2. The molecule has 0 amide bonds. The lowest BCUT2D eigenvalue weighted by atomic mass is 9.70. The Bertz CT molecular complexity index is 1670. The number of ether oxygens (including phenoxy) is 4. The van der Waals surface area contributed by atoms with Crippen molar-refractivity contribution in [2.45, 2.75) is 36.5 Å². The van der Waals surface area contributed by atoms with Gasteiger partial charge in [-0.15, -0.1) is 0 Å². The average Bonchev–Trinajstić information content (AvgIpc) is 3.62. The molecular formula is C31H28N2O6. The highest BCUT2D eigenvalue weighted by atomic mass is 16.5. The fourth-order valence-electron chi connectivity index (χ4n) is 6.77. The van der Waals surface area contributed by atoms with Crippen molar-refractivity contribution < 1.29 is 24.1 Å². The highest BCUT2D eigenvalue weighted by molar-refractivity contribution is 5.68. The van der Waals surface area contributed by atoms with Gasteiger partial charge in [0.2, 0.25) is 0 Å². The molecular weight excluding hydrogens is 496 g/mol. The molecule has 8 nitrogen and oxygen atoms in total. The molecule has 4 aromatic rings. The van der Waals surface area contributed by atoms with E-state index in [1.54, 1.807) is 38.0 Å². The zero-order valence-corrected chi connectivity index (χ0v) is 21.9. The topological polar surface area (TPSA) is 92.0 Å². The first kappa shape index (κ1) is 23.8. The molecule has 1 N–H and O–H groups in total. The van der Waals surface area contributed by atoms with E-state index >= 15 is 0 Å². The molecule has 3 aromatic carbocycles. The summed E-state index contributed by atoms with van der Waals surface area (Å²) in [5.41, 5.74) is -0.762. The second-order valence-corrected chi connectivity index (χ2v) is 10.2. The predicted octanol–water partition coefficient (Wildman–Crippen LogP) is 3.88. The molecule has 1 aliphatic carbocycles. The lowest BCUT2D eigenvalue weighted by Crippen LogP contribution is -2.49. The number of methoxy groups -OCH3 is 3. The number of aromatic nitrogens is 2. The van der Waals surface area contributed by atoms with E-state index in [0.29, 0.717) is 64.2 Å². The normalized spacial score (nSPS) is 23.8. The predicted molar refractivity (Wildman–Crippen MR) is 143 cm³/mol. The maximum atomic E-state index is 14.2. The summed E-state index contributed by atoms with van der Waals surface area (Å²) in [6.45, 7) is 0.599. The van der Waals surface area contributed by atoms with E-state index in [-0.39, 0.29) is 5.56 Å². The van der Waals surface area contributed by atoms with Gasteiger partial charge in [-0.25, -0.2) is 4.98 Å². The van der Waals surface area contributed by atoms with Crippen LogP contribution in [0.1, 0.15) is 46.1 Å². The third-order valence-corrected chi connectivity index (χ3v) is 8.42. The molecule has 0 unspecified atom stereocenters. The smallest absolute Gasteiger partial charge is 0.257 e. The Morgan fingerprint density at radius 2 is 1.72 bits per heavy atom. The van der Waals surface area contributed by atoms with Crippen molar-refractivity contribution in [1.29, 1.82) is 0 Å². The van der Waals surface area contributed by atoms with E-state index < -0.39 is 17.1 Å². The Balaban J connectivity index is 1.65. The number of hydrogen-bond acceptors (Lipinski definition) is 7. The Labute approximate surface area is 225 Å². The lowest BCUT2D eigenvalue weighted by Gasteiger charge is -2.40. The van der Waals surface area contributed by atoms with Gasteiger partial charge in [0.25, 0.3) is 5.56 Å². The zero-order valence-electron chi connectivity index (χ0n) is 21.9. The van der Waals surface area contributed by atoms with E-state index in [0.717, 1.165) is 12.0 Å². The highest BCUT2D eigenvalue weighted by Crippen LogP contribution is 2.69. The number of benzene rings is 3. The van der Waals surface area contributed by atoms with Crippen LogP contribution in [0.25, 0.3) is 0 Å². The van der Waals surface area contributed by atoms with Crippen molar-refractivity contribution in [3.8, 4) is 23.0 Å². The van der Waals surface area contributed by atoms with Gasteiger partial charge in [-0.05, 0) is 24.1 Å². The van der Waals surface area contributed by atoms with Crippen LogP contribution >= 0.6 is 0 Å². The number of nitrogens with zero attached hydrogens (tertiary/aromatic N) is 2. The van der Waals surface area contributed by atoms with E-state index in [2.05, 4.69) is 0 Å². The quantitative estimate of drug-likeness (QED) is 0.424. The van der Waals surface area contributed by atoms with E-state index in [1.807, 2.05) is 54.6 Å². The lowest BCUT2D eigenvalue weighted by molar-refractivity contribution is -0.0910. The first-order valence-corrected chi connectivity index (χ1v) is 13.0. The molecule has 39 heavy (non-hydrogen) atoms. The summed E-state index contributed by atoms with van der Waals surface area (Å²) in [5.74, 6) is 2.00. The molecule has 198 valence electrons. The van der Waals surface area contributed by atoms with Crippen molar-refractivity contribution in [2.24, 2.45) is 0 Å². The van der Waals surface area contributed by atoms with Crippen LogP contribution in [0.4, 0.5) is 0 Å². The summed E-state index contributed by atoms with van der Waals surface area (Å²) in [7, 11) is 4.72. The molecule has 8 heteroatoms. The van der Waals surface area contributed by atoms with Crippen molar-refractivity contribution in [1.82, 2.24) is 9.55 Å². The van der Waals surface area contributed by atoms with Crippen LogP contribution in [0, 0.1) is 0 Å². The van der Waals surface area contributed by atoms with Crippen LogP contribution in [0.2, 0.25) is 0 Å². The Morgan fingerprint density at radius 1 is 0.974 bits per heavy atom. The van der Waals surface area contributed by atoms with Gasteiger partial charge in [0.05, 0.1) is 44.1 Å². The third-order valence-electron chi connectivity index (χ3n) is 8.42. The molecule has 0 spiro atoms. The molecule has 0 saturated heterocycles. The SMILES string of the molecule is COc1ccc([C@@]23Oc4cc(OC)cc(OC)c4[C@]2(O)c2nc4n(c(=O)c2[C@@H]3c2ccccc2)CCC4)cc1. The van der Waals surface area contributed by atoms with Gasteiger partial charge in [-0.1, -0.05) is 42.5 Å². The number of fused-ring (bicyclic) bond motifs is 6. The summed E-state index contributed by atoms with van der Waals surface area (Å²) in [5, 5.41) is 13.2. The van der Waals surface area contributed by atoms with Crippen LogP contribution < -0.4 is 24.5 Å². The van der Waals surface area contributed by atoms with Gasteiger partial charge in [0, 0.05) is 30.7 Å². The van der Waals surface area contributed by atoms with Gasteiger partial charge in [0.1, 0.15) is 28.8 Å². The average molecular weight is 525 g/mol. The van der Waals surface area contributed by atoms with Crippen LogP contribution in [-0.2, 0) is 24.2 Å². The van der Waals surface area contributed by atoms with Crippen LogP contribution in [0.5, 0.6) is 23.0 Å². The monoisotopic (exact) mass is 524 g/mol. The van der Waals surface area contributed by atoms with Gasteiger partial charge in [0.15, 0.2) is 11.2 Å². The molecule has 0 radical (unpaired) electrons. The third kappa shape index (κ3) is 2.92. The maximum Gasteiger partial charge on any atom is 0.257 e. The largest absolute Gasteiger partial charge is 0.497 e. The summed E-state index contributed by atoms with van der Waals surface area (Å²) >= 11 is 0. The fourth-order valence-corrected chi connectivity index (χ4v) is 6.77. The van der Waals surface area contributed by atoms with Crippen molar-refractivity contribution in [2.75, 3.05) is 21.3 Å². The fraction of sp³-hybridized carbons (Fsp3) is 0.290. The molecule has 3 aliphatic rings. The second kappa shape index (κ2) is 8.35. The second-order valence-electron chi connectivity index (χ2n) is 10.2. The van der Waals surface area contributed by atoms with Crippen LogP contribution in [-0.4, -0.2) is 36.0 Å². The highest BCUT2D eigenvalue weighted by Gasteiger charge is 2.74. The summed E-state index contributed by atoms with van der Waals surface area (Å²) in [4.78, 5) is 19.3. The minimum absolute atomic E-state index is 0.144. The molecule has 7 rings (SSSR count). The van der Waals surface area contributed by atoms with E-state index in [4.69, 9.17) is 23.9 Å². The minimum Gasteiger partial charge on any atom is -0.497 e. The summed E-state index contributed by atoms with van der Waals surface area (Å²) in [6.07, 6.45) is 1.49. The Morgan fingerprint density at radius 3 is 2.41 bits per heavy atom.